The maximum absolute atomic E-state index is 13.7. The van der Waals surface area contributed by atoms with Crippen LogP contribution in [0.2, 0.25) is 0 Å². The third kappa shape index (κ3) is 3.39. The first-order valence-electron chi connectivity index (χ1n) is 7.56. The lowest BCUT2D eigenvalue weighted by molar-refractivity contribution is 0.164. The monoisotopic (exact) mass is 312 g/mol. The Kier molecular flexibility index (Phi) is 4.38. The molecule has 2 aromatic heterocycles. The number of nitrogens with zero attached hydrogens (tertiary/aromatic N) is 4. The summed E-state index contributed by atoms with van der Waals surface area (Å²) in [5.41, 5.74) is 2.26. The Morgan fingerprint density at radius 1 is 1.43 bits per heavy atom. The van der Waals surface area contributed by atoms with Gasteiger partial charge in [-0.25, -0.2) is 9.37 Å². The number of halogens is 1. The molecule has 0 N–H and O–H groups in total. The summed E-state index contributed by atoms with van der Waals surface area (Å²) in [6, 6.07) is 6.95. The van der Waals surface area contributed by atoms with Gasteiger partial charge >= 0.3 is 0 Å². The highest BCUT2D eigenvalue weighted by Crippen LogP contribution is 2.26. The van der Waals surface area contributed by atoms with Crippen molar-refractivity contribution in [1.82, 2.24) is 9.97 Å². The summed E-state index contributed by atoms with van der Waals surface area (Å²) >= 11 is 0. The van der Waals surface area contributed by atoms with E-state index in [0.717, 1.165) is 30.8 Å². The minimum atomic E-state index is -0.456. The number of hydrogen-bond acceptors (Lipinski definition) is 5. The van der Waals surface area contributed by atoms with Crippen LogP contribution >= 0.6 is 0 Å². The number of aryl methyl sites for hydroxylation is 1. The number of pyridine rings is 2. The molecule has 1 aliphatic heterocycles. The number of piperidine rings is 1. The van der Waals surface area contributed by atoms with E-state index < -0.39 is 5.82 Å². The van der Waals surface area contributed by atoms with Gasteiger partial charge in [0.05, 0.1) is 17.8 Å². The highest BCUT2D eigenvalue weighted by atomic mass is 19.1. The molecule has 0 aromatic carbocycles. The van der Waals surface area contributed by atoms with Gasteiger partial charge in [0.25, 0.3) is 5.88 Å². The average molecular weight is 312 g/mol. The Labute approximate surface area is 134 Å². The van der Waals surface area contributed by atoms with Crippen molar-refractivity contribution >= 4 is 5.69 Å². The predicted molar refractivity (Wildman–Crippen MR) is 83.7 cm³/mol. The Morgan fingerprint density at radius 3 is 3.09 bits per heavy atom. The van der Waals surface area contributed by atoms with Crippen LogP contribution in [0, 0.1) is 24.1 Å². The number of nitriles is 1. The number of hydrogen-bond donors (Lipinski definition) is 0. The van der Waals surface area contributed by atoms with E-state index in [2.05, 4.69) is 20.9 Å². The second-order valence-corrected chi connectivity index (χ2v) is 5.57. The van der Waals surface area contributed by atoms with E-state index in [-0.39, 0.29) is 12.0 Å². The molecule has 0 bridgehead atoms. The van der Waals surface area contributed by atoms with E-state index in [1.165, 1.54) is 18.3 Å². The SMILES string of the molecule is Cc1cc(N2CCC[C@@H](Oc3ncccc3F)C2)c(C#N)cn1. The van der Waals surface area contributed by atoms with Gasteiger partial charge in [-0.05, 0) is 38.0 Å². The minimum absolute atomic E-state index is 0.0331. The van der Waals surface area contributed by atoms with Crippen LogP contribution in [0.4, 0.5) is 10.1 Å². The largest absolute Gasteiger partial charge is 0.470 e. The lowest BCUT2D eigenvalue weighted by Gasteiger charge is -2.34. The molecule has 23 heavy (non-hydrogen) atoms. The van der Waals surface area contributed by atoms with Gasteiger partial charge in [0, 0.05) is 24.6 Å². The number of ether oxygens (including phenoxy) is 1. The first kappa shape index (κ1) is 15.2. The Balaban J connectivity index is 1.78. The zero-order chi connectivity index (χ0) is 16.2. The van der Waals surface area contributed by atoms with Crippen molar-refractivity contribution in [1.29, 1.82) is 5.26 Å². The van der Waals surface area contributed by atoms with Gasteiger partial charge in [-0.3, -0.25) is 4.98 Å². The van der Waals surface area contributed by atoms with Crippen LogP contribution in [-0.4, -0.2) is 29.2 Å². The van der Waals surface area contributed by atoms with E-state index >= 15 is 0 Å². The van der Waals surface area contributed by atoms with E-state index in [9.17, 15) is 9.65 Å². The molecule has 1 fully saturated rings. The van der Waals surface area contributed by atoms with Crippen LogP contribution in [-0.2, 0) is 0 Å². The normalized spacial score (nSPS) is 17.6. The van der Waals surface area contributed by atoms with Crippen molar-refractivity contribution < 1.29 is 9.13 Å². The van der Waals surface area contributed by atoms with Crippen LogP contribution in [0.15, 0.2) is 30.6 Å². The molecule has 3 heterocycles. The molecule has 0 unspecified atom stereocenters. The van der Waals surface area contributed by atoms with Crippen molar-refractivity contribution in [3.63, 3.8) is 0 Å². The summed E-state index contributed by atoms with van der Waals surface area (Å²) in [5.74, 6) is -0.423. The fourth-order valence-corrected chi connectivity index (χ4v) is 2.76. The zero-order valence-electron chi connectivity index (χ0n) is 12.9. The molecule has 0 spiro atoms. The molecule has 5 nitrogen and oxygen atoms in total. The maximum Gasteiger partial charge on any atom is 0.250 e. The summed E-state index contributed by atoms with van der Waals surface area (Å²) < 4.78 is 19.4. The zero-order valence-corrected chi connectivity index (χ0v) is 12.9. The summed E-state index contributed by atoms with van der Waals surface area (Å²) in [5, 5.41) is 9.27. The molecule has 0 radical (unpaired) electrons. The summed E-state index contributed by atoms with van der Waals surface area (Å²) in [7, 11) is 0. The van der Waals surface area contributed by atoms with E-state index in [1.807, 2.05) is 13.0 Å². The second kappa shape index (κ2) is 6.61. The smallest absolute Gasteiger partial charge is 0.250 e. The molecule has 0 amide bonds. The highest BCUT2D eigenvalue weighted by molar-refractivity contribution is 5.59. The second-order valence-electron chi connectivity index (χ2n) is 5.57. The van der Waals surface area contributed by atoms with Crippen molar-refractivity contribution in [2.24, 2.45) is 0 Å². The minimum Gasteiger partial charge on any atom is -0.470 e. The van der Waals surface area contributed by atoms with Gasteiger partial charge in [0.2, 0.25) is 0 Å². The summed E-state index contributed by atoms with van der Waals surface area (Å²) in [4.78, 5) is 10.2. The van der Waals surface area contributed by atoms with Gasteiger partial charge in [-0.15, -0.1) is 0 Å². The standard InChI is InChI=1S/C17H17FN4O/c1-12-8-16(13(9-19)10-21-12)22-7-3-4-14(11-22)23-17-15(18)5-2-6-20-17/h2,5-6,8,10,14H,3-4,7,11H2,1H3/t14-/m1/s1. The third-order valence-electron chi connectivity index (χ3n) is 3.86. The van der Waals surface area contributed by atoms with Crippen molar-refractivity contribution in [2.45, 2.75) is 25.9 Å². The molecule has 118 valence electrons. The fourth-order valence-electron chi connectivity index (χ4n) is 2.76. The number of rotatable bonds is 3. The van der Waals surface area contributed by atoms with Gasteiger partial charge < -0.3 is 9.64 Å². The van der Waals surface area contributed by atoms with Gasteiger partial charge in [0.1, 0.15) is 12.2 Å². The first-order valence-corrected chi connectivity index (χ1v) is 7.56. The summed E-state index contributed by atoms with van der Waals surface area (Å²) in [6.45, 7) is 3.32. The first-order chi connectivity index (χ1) is 11.2. The van der Waals surface area contributed by atoms with E-state index in [4.69, 9.17) is 4.74 Å². The molecule has 2 aromatic rings. The Morgan fingerprint density at radius 2 is 2.30 bits per heavy atom. The van der Waals surface area contributed by atoms with Crippen LogP contribution in [0.5, 0.6) is 5.88 Å². The molecule has 0 aliphatic carbocycles. The number of anilines is 1. The molecule has 1 aliphatic rings. The van der Waals surface area contributed by atoms with Crippen molar-refractivity contribution in [3.8, 4) is 11.9 Å². The van der Waals surface area contributed by atoms with Gasteiger partial charge in [0.15, 0.2) is 5.82 Å². The van der Waals surface area contributed by atoms with Gasteiger partial charge in [-0.1, -0.05) is 0 Å². The maximum atomic E-state index is 13.7. The Bertz CT molecular complexity index is 744. The van der Waals surface area contributed by atoms with Crippen LogP contribution in [0.1, 0.15) is 24.1 Å². The van der Waals surface area contributed by atoms with Gasteiger partial charge in [-0.2, -0.15) is 5.26 Å². The van der Waals surface area contributed by atoms with Crippen LogP contribution in [0.25, 0.3) is 0 Å². The van der Waals surface area contributed by atoms with Crippen molar-refractivity contribution in [3.05, 3.63) is 47.7 Å². The number of aromatic nitrogens is 2. The quantitative estimate of drug-likeness (QED) is 0.872. The fraction of sp³-hybridized carbons (Fsp3) is 0.353. The van der Waals surface area contributed by atoms with Crippen LogP contribution in [0.3, 0.4) is 0 Å². The topological polar surface area (TPSA) is 62.0 Å². The molecule has 0 saturated carbocycles. The molecular weight excluding hydrogens is 295 g/mol. The molecular formula is C17H17FN4O. The van der Waals surface area contributed by atoms with E-state index in [0.29, 0.717) is 12.1 Å². The molecule has 6 heteroatoms. The lowest BCUT2D eigenvalue weighted by Crippen LogP contribution is -2.41. The van der Waals surface area contributed by atoms with Crippen molar-refractivity contribution in [2.75, 3.05) is 18.0 Å². The molecule has 1 atom stereocenters. The predicted octanol–water partition coefficient (Wildman–Crippen LogP) is 2.84. The molecule has 1 saturated heterocycles. The average Bonchev–Trinajstić information content (AvgIpc) is 2.57. The van der Waals surface area contributed by atoms with E-state index in [1.54, 1.807) is 6.20 Å². The summed E-state index contributed by atoms with van der Waals surface area (Å²) in [6.07, 6.45) is 4.68. The lowest BCUT2D eigenvalue weighted by atomic mass is 10.1. The van der Waals surface area contributed by atoms with Crippen LogP contribution < -0.4 is 9.64 Å². The Hall–Kier alpha value is -2.68. The highest BCUT2D eigenvalue weighted by Gasteiger charge is 2.24. The molecule has 3 rings (SSSR count). The third-order valence-corrected chi connectivity index (χ3v) is 3.86.